The molecule has 0 fully saturated rings. The minimum atomic E-state index is -4.05. The van der Waals surface area contributed by atoms with Crippen molar-refractivity contribution in [3.8, 4) is 17.6 Å². The zero-order chi connectivity index (χ0) is 25.5. The third-order valence-electron chi connectivity index (χ3n) is 4.80. The molecule has 0 radical (unpaired) electrons. The van der Waals surface area contributed by atoms with Crippen molar-refractivity contribution in [1.82, 2.24) is 20.8 Å². The zero-order valence-electron chi connectivity index (χ0n) is 19.4. The number of carbonyl (C=O) groups excluding carboxylic acids is 2. The first-order valence-corrected chi connectivity index (χ1v) is 12.4. The van der Waals surface area contributed by atoms with Crippen molar-refractivity contribution in [1.29, 1.82) is 0 Å². The van der Waals surface area contributed by atoms with Crippen LogP contribution in [0.25, 0.3) is 0 Å². The second-order valence-corrected chi connectivity index (χ2v) is 9.13. The van der Waals surface area contributed by atoms with Crippen LogP contribution in [0.1, 0.15) is 25.3 Å². The van der Waals surface area contributed by atoms with E-state index in [4.69, 9.17) is 9.94 Å². The lowest BCUT2D eigenvalue weighted by Gasteiger charge is -2.17. The van der Waals surface area contributed by atoms with Crippen LogP contribution in [0, 0.1) is 11.8 Å². The Bertz CT molecular complexity index is 1110. The van der Waals surface area contributed by atoms with E-state index in [9.17, 15) is 18.0 Å². The van der Waals surface area contributed by atoms with Crippen LogP contribution < -0.4 is 25.6 Å². The second-order valence-electron chi connectivity index (χ2n) is 7.42. The van der Waals surface area contributed by atoms with Crippen molar-refractivity contribution in [3.05, 3.63) is 60.2 Å². The molecule has 188 valence electrons. The highest BCUT2D eigenvalue weighted by atomic mass is 32.2. The number of carbonyl (C=O) groups is 2. The number of nitrogens with one attached hydrogen (secondary N) is 4. The van der Waals surface area contributed by atoms with Crippen LogP contribution in [0.3, 0.4) is 0 Å². The summed E-state index contributed by atoms with van der Waals surface area (Å²) in [5, 5.41) is 14.7. The van der Waals surface area contributed by atoms with Crippen molar-refractivity contribution in [2.24, 2.45) is 0 Å². The molecule has 2 amide bonds. The number of hydrogen-bond donors (Lipinski definition) is 5. The largest absolute Gasteiger partial charge is 0.481 e. The van der Waals surface area contributed by atoms with Crippen LogP contribution in [0.2, 0.25) is 0 Å². The number of hydrogen-bond acceptors (Lipinski definition) is 7. The van der Waals surface area contributed by atoms with Gasteiger partial charge in [0.15, 0.2) is 0 Å². The average molecular weight is 503 g/mol. The fraction of sp³-hybridized carbons (Fsp3) is 0.333. The van der Waals surface area contributed by atoms with Crippen LogP contribution in [0.5, 0.6) is 5.75 Å². The van der Waals surface area contributed by atoms with Crippen molar-refractivity contribution < 1.29 is 28.0 Å². The summed E-state index contributed by atoms with van der Waals surface area (Å²) >= 11 is 0. The van der Waals surface area contributed by atoms with E-state index in [-0.39, 0.29) is 36.9 Å². The summed E-state index contributed by atoms with van der Waals surface area (Å²) in [5.74, 6) is 4.75. The van der Waals surface area contributed by atoms with Crippen molar-refractivity contribution in [2.75, 3.05) is 19.7 Å². The standard InChI is InChI=1S/C24H30N4O6S/c1-2-3-16-34-20-11-13-21(14-12-20)35(32,33)28-22(24(30)27-31)10-7-15-26-23(29)18-25-17-19-8-5-4-6-9-19/h4-6,8-9,11-14,22,25,28,31H,7,10,15-18H2,1H3,(H,26,29)(H,27,30)/t22-/m1/s1. The number of rotatable bonds is 14. The number of hydroxylamine groups is 1. The smallest absolute Gasteiger partial charge is 0.261 e. The van der Waals surface area contributed by atoms with Gasteiger partial charge in [0.25, 0.3) is 5.91 Å². The molecule has 2 rings (SSSR count). The molecule has 0 saturated carbocycles. The molecule has 11 heteroatoms. The molecule has 35 heavy (non-hydrogen) atoms. The van der Waals surface area contributed by atoms with Gasteiger partial charge in [-0.3, -0.25) is 14.8 Å². The molecule has 0 aliphatic heterocycles. The van der Waals surface area contributed by atoms with Gasteiger partial charge in [0.05, 0.1) is 11.4 Å². The van der Waals surface area contributed by atoms with Crippen molar-refractivity contribution >= 4 is 21.8 Å². The van der Waals surface area contributed by atoms with E-state index >= 15 is 0 Å². The summed E-state index contributed by atoms with van der Waals surface area (Å²) in [6, 6.07) is 14.1. The summed E-state index contributed by atoms with van der Waals surface area (Å²) in [5.41, 5.74) is 2.53. The Hall–Kier alpha value is -3.43. The van der Waals surface area contributed by atoms with Gasteiger partial charge in [-0.05, 0) is 49.6 Å². The first-order chi connectivity index (χ1) is 16.9. The highest BCUT2D eigenvalue weighted by molar-refractivity contribution is 7.89. The maximum Gasteiger partial charge on any atom is 0.261 e. The van der Waals surface area contributed by atoms with Gasteiger partial charge in [-0.25, -0.2) is 13.9 Å². The highest BCUT2D eigenvalue weighted by Gasteiger charge is 2.25. The van der Waals surface area contributed by atoms with Gasteiger partial charge in [-0.1, -0.05) is 36.3 Å². The first-order valence-electron chi connectivity index (χ1n) is 11.0. The Kier molecular flexibility index (Phi) is 11.7. The molecule has 0 aliphatic rings. The zero-order valence-corrected chi connectivity index (χ0v) is 20.2. The molecule has 1 atom stereocenters. The molecule has 0 aliphatic carbocycles. The fourth-order valence-corrected chi connectivity index (χ4v) is 4.23. The van der Waals surface area contributed by atoms with Crippen LogP contribution in [0.4, 0.5) is 0 Å². The van der Waals surface area contributed by atoms with Crippen LogP contribution in [0.15, 0.2) is 59.5 Å². The lowest BCUT2D eigenvalue weighted by molar-refractivity contribution is -0.131. The average Bonchev–Trinajstić information content (AvgIpc) is 2.86. The Labute approximate surface area is 205 Å². The molecule has 0 unspecified atom stereocenters. The maximum atomic E-state index is 12.7. The normalized spacial score (nSPS) is 11.6. The minimum Gasteiger partial charge on any atom is -0.481 e. The quantitative estimate of drug-likeness (QED) is 0.112. The van der Waals surface area contributed by atoms with E-state index in [2.05, 4.69) is 27.2 Å². The van der Waals surface area contributed by atoms with Gasteiger partial charge in [0, 0.05) is 13.1 Å². The van der Waals surface area contributed by atoms with E-state index in [0.29, 0.717) is 18.7 Å². The Morgan fingerprint density at radius 1 is 1.09 bits per heavy atom. The Morgan fingerprint density at radius 2 is 1.80 bits per heavy atom. The van der Waals surface area contributed by atoms with Crippen LogP contribution >= 0.6 is 0 Å². The second kappa shape index (κ2) is 14.7. The SMILES string of the molecule is CC#CCOc1ccc(S(=O)(=O)N[C@H](CCCNC(=O)CNCc2ccccc2)C(=O)NO)cc1. The molecule has 0 heterocycles. The van der Waals surface area contributed by atoms with Crippen molar-refractivity contribution in [2.45, 2.75) is 37.2 Å². The van der Waals surface area contributed by atoms with E-state index in [1.165, 1.54) is 29.7 Å². The number of amides is 2. The van der Waals surface area contributed by atoms with Gasteiger partial charge in [-0.2, -0.15) is 4.72 Å². The first kappa shape index (κ1) is 27.8. The molecule has 0 bridgehead atoms. The fourth-order valence-electron chi connectivity index (χ4n) is 3.00. The van der Waals surface area contributed by atoms with Gasteiger partial charge >= 0.3 is 0 Å². The minimum absolute atomic E-state index is 0.0558. The lowest BCUT2D eigenvalue weighted by Crippen LogP contribution is -2.46. The van der Waals surface area contributed by atoms with Crippen LogP contribution in [-0.2, 0) is 26.2 Å². The molecule has 0 saturated heterocycles. The topological polar surface area (TPSA) is 146 Å². The van der Waals surface area contributed by atoms with E-state index < -0.39 is 22.0 Å². The number of sulfonamides is 1. The summed E-state index contributed by atoms with van der Waals surface area (Å²) in [6.07, 6.45) is 0.358. The van der Waals surface area contributed by atoms with E-state index in [1.54, 1.807) is 6.92 Å². The molecule has 2 aromatic rings. The molecule has 10 nitrogen and oxygen atoms in total. The van der Waals surface area contributed by atoms with Gasteiger partial charge in [0.1, 0.15) is 18.4 Å². The molecule has 0 aromatic heterocycles. The summed E-state index contributed by atoms with van der Waals surface area (Å²) in [4.78, 5) is 23.9. The summed E-state index contributed by atoms with van der Waals surface area (Å²) < 4.78 is 33.0. The third-order valence-corrected chi connectivity index (χ3v) is 6.28. The van der Waals surface area contributed by atoms with Gasteiger partial charge < -0.3 is 15.4 Å². The van der Waals surface area contributed by atoms with E-state index in [0.717, 1.165) is 5.56 Å². The summed E-state index contributed by atoms with van der Waals surface area (Å²) in [6.45, 7) is 2.76. The predicted octanol–water partition coefficient (Wildman–Crippen LogP) is 0.927. The Morgan fingerprint density at radius 3 is 2.46 bits per heavy atom. The highest BCUT2D eigenvalue weighted by Crippen LogP contribution is 2.16. The molecular formula is C24H30N4O6S. The monoisotopic (exact) mass is 502 g/mol. The van der Waals surface area contributed by atoms with Gasteiger partial charge in [0.2, 0.25) is 15.9 Å². The molecule has 0 spiro atoms. The molecular weight excluding hydrogens is 472 g/mol. The number of ether oxygens (including phenoxy) is 1. The third kappa shape index (κ3) is 10.2. The molecule has 2 aromatic carbocycles. The van der Waals surface area contributed by atoms with Gasteiger partial charge in [-0.15, -0.1) is 5.92 Å². The van der Waals surface area contributed by atoms with Crippen LogP contribution in [-0.4, -0.2) is 51.2 Å². The lowest BCUT2D eigenvalue weighted by atomic mass is 10.1. The Balaban J connectivity index is 1.81. The predicted molar refractivity (Wildman–Crippen MR) is 130 cm³/mol. The maximum absolute atomic E-state index is 12.7. The number of benzene rings is 2. The molecule has 5 N–H and O–H groups in total. The summed E-state index contributed by atoms with van der Waals surface area (Å²) in [7, 11) is -4.05. The van der Waals surface area contributed by atoms with Crippen molar-refractivity contribution in [3.63, 3.8) is 0 Å². The van der Waals surface area contributed by atoms with E-state index in [1.807, 2.05) is 30.3 Å².